The van der Waals surface area contributed by atoms with Crippen LogP contribution in [0.3, 0.4) is 0 Å². The van der Waals surface area contributed by atoms with Gasteiger partial charge in [-0.1, -0.05) is 30.3 Å². The smallest absolute Gasteiger partial charge is 0.330 e. The molecule has 0 aliphatic rings. The van der Waals surface area contributed by atoms with E-state index in [-0.39, 0.29) is 0 Å². The molecule has 5 heteroatoms. The van der Waals surface area contributed by atoms with Crippen LogP contribution in [0.15, 0.2) is 42.5 Å². The van der Waals surface area contributed by atoms with Gasteiger partial charge in [-0.05, 0) is 24.6 Å². The SMILES string of the molecule is Cc1ccc(C(=O)N[C@@H](C(=O)O)c2ccccc2)n1C. The molecule has 1 aromatic heterocycles. The maximum Gasteiger partial charge on any atom is 0.330 e. The number of nitrogens with zero attached hydrogens (tertiary/aromatic N) is 1. The van der Waals surface area contributed by atoms with Crippen molar-refractivity contribution in [2.45, 2.75) is 13.0 Å². The van der Waals surface area contributed by atoms with E-state index in [9.17, 15) is 14.7 Å². The van der Waals surface area contributed by atoms with Gasteiger partial charge in [-0.2, -0.15) is 0 Å². The summed E-state index contributed by atoms with van der Waals surface area (Å²) in [5.41, 5.74) is 1.91. The third-order valence-corrected chi connectivity index (χ3v) is 3.26. The van der Waals surface area contributed by atoms with Crippen molar-refractivity contribution in [2.24, 2.45) is 7.05 Å². The molecule has 1 amide bonds. The van der Waals surface area contributed by atoms with Gasteiger partial charge in [-0.15, -0.1) is 0 Å². The number of rotatable bonds is 4. The zero-order valence-corrected chi connectivity index (χ0v) is 11.3. The number of carbonyl (C=O) groups excluding carboxylic acids is 1. The number of aliphatic carboxylic acids is 1. The molecule has 1 heterocycles. The van der Waals surface area contributed by atoms with Gasteiger partial charge in [0.05, 0.1) is 0 Å². The molecule has 0 bridgehead atoms. The van der Waals surface area contributed by atoms with Crippen molar-refractivity contribution in [3.05, 3.63) is 59.4 Å². The summed E-state index contributed by atoms with van der Waals surface area (Å²) in [6.07, 6.45) is 0. The number of amides is 1. The van der Waals surface area contributed by atoms with Gasteiger partial charge in [0.25, 0.3) is 5.91 Å². The van der Waals surface area contributed by atoms with Crippen LogP contribution in [-0.4, -0.2) is 21.6 Å². The average Bonchev–Trinajstić information content (AvgIpc) is 2.77. The first kappa shape index (κ1) is 13.9. The maximum absolute atomic E-state index is 12.2. The summed E-state index contributed by atoms with van der Waals surface area (Å²) in [7, 11) is 1.77. The first-order chi connectivity index (χ1) is 9.50. The summed E-state index contributed by atoms with van der Waals surface area (Å²) >= 11 is 0. The van der Waals surface area contributed by atoms with Crippen LogP contribution >= 0.6 is 0 Å². The van der Waals surface area contributed by atoms with E-state index in [2.05, 4.69) is 5.32 Å². The van der Waals surface area contributed by atoms with Crippen LogP contribution in [0.2, 0.25) is 0 Å². The predicted octanol–water partition coefficient (Wildman–Crippen LogP) is 1.89. The number of carboxylic acids is 1. The minimum Gasteiger partial charge on any atom is -0.479 e. The standard InChI is InChI=1S/C15H16N2O3/c1-10-8-9-12(17(10)2)14(18)16-13(15(19)20)11-6-4-3-5-7-11/h3-9,13H,1-2H3,(H,16,18)(H,19,20)/t13-/m1/s1. The van der Waals surface area contributed by atoms with Gasteiger partial charge in [0.2, 0.25) is 0 Å². The van der Waals surface area contributed by atoms with Crippen LogP contribution in [-0.2, 0) is 11.8 Å². The lowest BCUT2D eigenvalue weighted by Gasteiger charge is -2.15. The Morgan fingerprint density at radius 1 is 1.15 bits per heavy atom. The number of aryl methyl sites for hydroxylation is 1. The van der Waals surface area contributed by atoms with Gasteiger partial charge in [-0.25, -0.2) is 4.79 Å². The van der Waals surface area contributed by atoms with E-state index in [0.29, 0.717) is 11.3 Å². The van der Waals surface area contributed by atoms with E-state index in [1.165, 1.54) is 0 Å². The van der Waals surface area contributed by atoms with E-state index >= 15 is 0 Å². The second-order valence-electron chi connectivity index (χ2n) is 4.57. The molecule has 1 aromatic carbocycles. The molecule has 0 saturated carbocycles. The number of carbonyl (C=O) groups is 2. The number of nitrogens with one attached hydrogen (secondary N) is 1. The Balaban J connectivity index is 2.24. The number of benzene rings is 1. The molecule has 0 saturated heterocycles. The van der Waals surface area contributed by atoms with Gasteiger partial charge in [-0.3, -0.25) is 4.79 Å². The number of carboxylic acid groups (broad SMARTS) is 1. The normalized spacial score (nSPS) is 11.9. The van der Waals surface area contributed by atoms with Crippen LogP contribution in [0, 0.1) is 6.92 Å². The van der Waals surface area contributed by atoms with Crippen molar-refractivity contribution in [3.8, 4) is 0 Å². The molecule has 2 N–H and O–H groups in total. The van der Waals surface area contributed by atoms with E-state index in [4.69, 9.17) is 0 Å². The summed E-state index contributed by atoms with van der Waals surface area (Å²) in [6.45, 7) is 1.88. The van der Waals surface area contributed by atoms with Crippen LogP contribution in [0.25, 0.3) is 0 Å². The van der Waals surface area contributed by atoms with Gasteiger partial charge >= 0.3 is 5.97 Å². The predicted molar refractivity (Wildman–Crippen MR) is 74.4 cm³/mol. The van der Waals surface area contributed by atoms with E-state index in [1.54, 1.807) is 48.0 Å². The zero-order valence-electron chi connectivity index (χ0n) is 11.3. The Kier molecular flexibility index (Phi) is 3.89. The number of hydrogen-bond donors (Lipinski definition) is 2. The van der Waals surface area contributed by atoms with Gasteiger partial charge in [0.15, 0.2) is 6.04 Å². The van der Waals surface area contributed by atoms with Crippen molar-refractivity contribution in [1.29, 1.82) is 0 Å². The fourth-order valence-corrected chi connectivity index (χ4v) is 1.98. The van der Waals surface area contributed by atoms with Gasteiger partial charge < -0.3 is 15.0 Å². The van der Waals surface area contributed by atoms with Crippen molar-refractivity contribution >= 4 is 11.9 Å². The average molecular weight is 272 g/mol. The lowest BCUT2D eigenvalue weighted by Crippen LogP contribution is -2.34. The Bertz CT molecular complexity index is 632. The van der Waals surface area contributed by atoms with Crippen LogP contribution in [0.5, 0.6) is 0 Å². The molecule has 104 valence electrons. The van der Waals surface area contributed by atoms with Crippen LogP contribution in [0.1, 0.15) is 27.8 Å². The van der Waals surface area contributed by atoms with Crippen molar-refractivity contribution in [3.63, 3.8) is 0 Å². The molecule has 0 aliphatic heterocycles. The third-order valence-electron chi connectivity index (χ3n) is 3.26. The highest BCUT2D eigenvalue weighted by molar-refractivity contribution is 5.95. The minimum atomic E-state index is -1.09. The Hall–Kier alpha value is -2.56. The van der Waals surface area contributed by atoms with Crippen molar-refractivity contribution in [2.75, 3.05) is 0 Å². The van der Waals surface area contributed by atoms with Crippen molar-refractivity contribution < 1.29 is 14.7 Å². The van der Waals surface area contributed by atoms with Gasteiger partial charge in [0, 0.05) is 12.7 Å². The number of aromatic nitrogens is 1. The molecule has 0 unspecified atom stereocenters. The first-order valence-corrected chi connectivity index (χ1v) is 6.21. The molecule has 5 nitrogen and oxygen atoms in total. The molecule has 0 radical (unpaired) electrons. The first-order valence-electron chi connectivity index (χ1n) is 6.21. The van der Waals surface area contributed by atoms with E-state index in [0.717, 1.165) is 5.69 Å². The lowest BCUT2D eigenvalue weighted by molar-refractivity contribution is -0.139. The molecule has 0 aliphatic carbocycles. The Morgan fingerprint density at radius 2 is 1.80 bits per heavy atom. The zero-order chi connectivity index (χ0) is 14.7. The summed E-state index contributed by atoms with van der Waals surface area (Å²) < 4.78 is 1.72. The molecular weight excluding hydrogens is 256 g/mol. The molecule has 2 aromatic rings. The molecule has 20 heavy (non-hydrogen) atoms. The number of hydrogen-bond acceptors (Lipinski definition) is 2. The van der Waals surface area contributed by atoms with E-state index < -0.39 is 17.9 Å². The fourth-order valence-electron chi connectivity index (χ4n) is 1.98. The maximum atomic E-state index is 12.2. The highest BCUT2D eigenvalue weighted by Gasteiger charge is 2.23. The van der Waals surface area contributed by atoms with Gasteiger partial charge in [0.1, 0.15) is 5.69 Å². The molecule has 0 spiro atoms. The topological polar surface area (TPSA) is 71.3 Å². The van der Waals surface area contributed by atoms with E-state index in [1.807, 2.05) is 13.0 Å². The molecule has 1 atom stereocenters. The lowest BCUT2D eigenvalue weighted by atomic mass is 10.1. The highest BCUT2D eigenvalue weighted by atomic mass is 16.4. The Morgan fingerprint density at radius 3 is 2.30 bits per heavy atom. The second-order valence-corrected chi connectivity index (χ2v) is 4.57. The quantitative estimate of drug-likeness (QED) is 0.892. The second kappa shape index (κ2) is 5.61. The largest absolute Gasteiger partial charge is 0.479 e. The van der Waals surface area contributed by atoms with Crippen LogP contribution in [0.4, 0.5) is 0 Å². The van der Waals surface area contributed by atoms with Crippen LogP contribution < -0.4 is 5.32 Å². The summed E-state index contributed by atoms with van der Waals surface area (Å²) in [5, 5.41) is 11.8. The summed E-state index contributed by atoms with van der Waals surface area (Å²) in [5.74, 6) is -1.49. The highest BCUT2D eigenvalue weighted by Crippen LogP contribution is 2.14. The minimum absolute atomic E-state index is 0.406. The monoisotopic (exact) mass is 272 g/mol. The molecule has 0 fully saturated rings. The third kappa shape index (κ3) is 2.71. The summed E-state index contributed by atoms with van der Waals surface area (Å²) in [4.78, 5) is 23.5. The molecular formula is C15H16N2O3. The fraction of sp³-hybridized carbons (Fsp3) is 0.200. The summed E-state index contributed by atoms with van der Waals surface area (Å²) in [6, 6.07) is 11.1. The molecule has 2 rings (SSSR count). The Labute approximate surface area is 116 Å². The van der Waals surface area contributed by atoms with Crippen molar-refractivity contribution in [1.82, 2.24) is 9.88 Å².